The molecule has 2 N–H and O–H groups in total. The van der Waals surface area contributed by atoms with E-state index < -0.39 is 12.0 Å². The Balaban J connectivity index is 1.45. The van der Waals surface area contributed by atoms with E-state index in [1.807, 2.05) is 6.07 Å². The predicted octanol–water partition coefficient (Wildman–Crippen LogP) is 3.06. The molecular weight excluding hydrogens is 408 g/mol. The second-order valence-corrected chi connectivity index (χ2v) is 7.93. The second kappa shape index (κ2) is 10.2. The SMILES string of the molecule is COc1ncc(C(CC(=O)O)n2nccc2CCCc2ccc3c(n2)NCCCC3)cn1. The van der Waals surface area contributed by atoms with Gasteiger partial charge < -0.3 is 15.2 Å². The number of aryl methyl sites for hydroxylation is 3. The smallest absolute Gasteiger partial charge is 0.316 e. The van der Waals surface area contributed by atoms with E-state index in [9.17, 15) is 9.90 Å². The van der Waals surface area contributed by atoms with Gasteiger partial charge in [0.2, 0.25) is 0 Å². The minimum absolute atomic E-state index is 0.109. The monoisotopic (exact) mass is 436 g/mol. The summed E-state index contributed by atoms with van der Waals surface area (Å²) in [7, 11) is 1.49. The number of ether oxygens (including phenoxy) is 1. The van der Waals surface area contributed by atoms with E-state index in [2.05, 4.69) is 32.5 Å². The molecule has 9 nitrogen and oxygen atoms in total. The molecule has 3 aromatic heterocycles. The number of fused-ring (bicyclic) bond motifs is 1. The molecule has 9 heteroatoms. The summed E-state index contributed by atoms with van der Waals surface area (Å²) in [6.07, 6.45) is 10.7. The van der Waals surface area contributed by atoms with Crippen LogP contribution in [-0.2, 0) is 24.1 Å². The van der Waals surface area contributed by atoms with Gasteiger partial charge in [-0.15, -0.1) is 0 Å². The first kappa shape index (κ1) is 21.7. The van der Waals surface area contributed by atoms with E-state index in [4.69, 9.17) is 9.72 Å². The summed E-state index contributed by atoms with van der Waals surface area (Å²) >= 11 is 0. The number of nitrogens with zero attached hydrogens (tertiary/aromatic N) is 5. The third-order valence-electron chi connectivity index (χ3n) is 5.70. The Morgan fingerprint density at radius 3 is 2.84 bits per heavy atom. The number of carboxylic acids is 1. The van der Waals surface area contributed by atoms with Crippen molar-refractivity contribution in [3.8, 4) is 6.01 Å². The van der Waals surface area contributed by atoms with Gasteiger partial charge in [0.25, 0.3) is 0 Å². The largest absolute Gasteiger partial charge is 0.481 e. The van der Waals surface area contributed by atoms with Crippen molar-refractivity contribution in [1.29, 1.82) is 0 Å². The van der Waals surface area contributed by atoms with Crippen LogP contribution in [0.15, 0.2) is 36.8 Å². The summed E-state index contributed by atoms with van der Waals surface area (Å²) in [4.78, 5) is 24.6. The fraction of sp³-hybridized carbons (Fsp3) is 0.435. The average molecular weight is 437 g/mol. The molecule has 0 aromatic carbocycles. The van der Waals surface area contributed by atoms with Crippen molar-refractivity contribution in [1.82, 2.24) is 24.7 Å². The predicted molar refractivity (Wildman–Crippen MR) is 119 cm³/mol. The fourth-order valence-electron chi connectivity index (χ4n) is 4.06. The van der Waals surface area contributed by atoms with Crippen LogP contribution in [0.4, 0.5) is 5.82 Å². The number of aromatic nitrogens is 5. The van der Waals surface area contributed by atoms with Crippen LogP contribution in [0.1, 0.15) is 54.2 Å². The standard InChI is InChI=1S/C23H28N6O3/c1-32-23-25-14-17(15-26-23)20(13-21(30)31)29-19(10-12-27-29)7-4-6-18-9-8-16-5-2-3-11-24-22(16)28-18/h8-10,12,14-15,20H,2-7,11,13H2,1H3,(H,24,28)(H,30,31). The topological polar surface area (TPSA) is 115 Å². The number of nitrogens with one attached hydrogen (secondary N) is 1. The molecule has 168 valence electrons. The van der Waals surface area contributed by atoms with Crippen molar-refractivity contribution in [2.75, 3.05) is 19.0 Å². The molecule has 1 aliphatic heterocycles. The van der Waals surface area contributed by atoms with Crippen LogP contribution in [0.5, 0.6) is 6.01 Å². The Hall–Kier alpha value is -3.49. The van der Waals surface area contributed by atoms with Crippen LogP contribution < -0.4 is 10.1 Å². The van der Waals surface area contributed by atoms with Crippen LogP contribution in [-0.4, -0.2) is 49.5 Å². The van der Waals surface area contributed by atoms with Gasteiger partial charge in [-0.2, -0.15) is 5.10 Å². The number of hydrogen-bond acceptors (Lipinski definition) is 7. The molecule has 0 amide bonds. The van der Waals surface area contributed by atoms with E-state index in [1.165, 1.54) is 25.5 Å². The zero-order valence-corrected chi connectivity index (χ0v) is 18.2. The lowest BCUT2D eigenvalue weighted by atomic mass is 10.1. The number of anilines is 1. The van der Waals surface area contributed by atoms with E-state index in [0.29, 0.717) is 5.56 Å². The highest BCUT2D eigenvalue weighted by Gasteiger charge is 2.22. The molecule has 0 saturated carbocycles. The molecule has 1 aliphatic rings. The lowest BCUT2D eigenvalue weighted by Gasteiger charge is -2.19. The van der Waals surface area contributed by atoms with Crippen molar-refractivity contribution in [2.45, 2.75) is 51.0 Å². The number of aliphatic carboxylic acids is 1. The van der Waals surface area contributed by atoms with Crippen LogP contribution in [0, 0.1) is 0 Å². The molecule has 0 radical (unpaired) electrons. The molecule has 3 aromatic rings. The molecule has 0 bridgehead atoms. The quantitative estimate of drug-likeness (QED) is 0.526. The van der Waals surface area contributed by atoms with Crippen molar-refractivity contribution < 1.29 is 14.6 Å². The van der Waals surface area contributed by atoms with Crippen molar-refractivity contribution >= 4 is 11.8 Å². The highest BCUT2D eigenvalue weighted by Crippen LogP contribution is 2.24. The molecule has 0 aliphatic carbocycles. The van der Waals surface area contributed by atoms with Gasteiger partial charge in [-0.3, -0.25) is 9.48 Å². The van der Waals surface area contributed by atoms with Gasteiger partial charge in [-0.25, -0.2) is 15.0 Å². The summed E-state index contributed by atoms with van der Waals surface area (Å²) in [6, 6.07) is 5.99. The summed E-state index contributed by atoms with van der Waals surface area (Å²) in [6.45, 7) is 0.975. The molecule has 32 heavy (non-hydrogen) atoms. The summed E-state index contributed by atoms with van der Waals surface area (Å²) in [5.74, 6) is 0.111. The van der Waals surface area contributed by atoms with Crippen LogP contribution >= 0.6 is 0 Å². The fourth-order valence-corrected chi connectivity index (χ4v) is 4.06. The molecule has 0 saturated heterocycles. The van der Waals surface area contributed by atoms with E-state index in [1.54, 1.807) is 23.3 Å². The van der Waals surface area contributed by atoms with Crippen LogP contribution in [0.25, 0.3) is 0 Å². The minimum Gasteiger partial charge on any atom is -0.481 e. The number of hydrogen-bond donors (Lipinski definition) is 2. The molecule has 1 atom stereocenters. The molecule has 0 fully saturated rings. The Morgan fingerprint density at radius 1 is 1.22 bits per heavy atom. The van der Waals surface area contributed by atoms with Gasteiger partial charge in [0.05, 0.1) is 19.6 Å². The van der Waals surface area contributed by atoms with E-state index >= 15 is 0 Å². The zero-order chi connectivity index (χ0) is 22.3. The number of carboxylic acid groups (broad SMARTS) is 1. The van der Waals surface area contributed by atoms with Gasteiger partial charge in [0.1, 0.15) is 5.82 Å². The lowest BCUT2D eigenvalue weighted by molar-refractivity contribution is -0.137. The van der Waals surface area contributed by atoms with Gasteiger partial charge >= 0.3 is 12.0 Å². The Morgan fingerprint density at radius 2 is 2.06 bits per heavy atom. The molecule has 0 spiro atoms. The summed E-state index contributed by atoms with van der Waals surface area (Å²) in [5, 5.41) is 17.3. The minimum atomic E-state index is -0.908. The third kappa shape index (κ3) is 5.22. The first-order valence-electron chi connectivity index (χ1n) is 11.0. The lowest BCUT2D eigenvalue weighted by Crippen LogP contribution is -2.19. The van der Waals surface area contributed by atoms with Gasteiger partial charge in [0.15, 0.2) is 0 Å². The highest BCUT2D eigenvalue weighted by molar-refractivity contribution is 5.68. The molecular formula is C23H28N6O3. The van der Waals surface area contributed by atoms with Gasteiger partial charge in [0, 0.05) is 42.1 Å². The highest BCUT2D eigenvalue weighted by atomic mass is 16.5. The van der Waals surface area contributed by atoms with E-state index in [-0.39, 0.29) is 12.4 Å². The number of pyridine rings is 1. The maximum atomic E-state index is 11.5. The number of carbonyl (C=O) groups is 1. The summed E-state index contributed by atoms with van der Waals surface area (Å²) < 4.78 is 6.78. The number of rotatable bonds is 9. The van der Waals surface area contributed by atoms with Gasteiger partial charge in [-0.1, -0.05) is 6.07 Å². The maximum Gasteiger partial charge on any atom is 0.316 e. The first-order chi connectivity index (χ1) is 15.6. The number of methoxy groups -OCH3 is 1. The Kier molecular flexibility index (Phi) is 6.94. The zero-order valence-electron chi connectivity index (χ0n) is 18.2. The first-order valence-corrected chi connectivity index (χ1v) is 11.0. The Labute approximate surface area is 186 Å². The Bertz CT molecular complexity index is 1050. The van der Waals surface area contributed by atoms with Crippen molar-refractivity contribution in [3.05, 3.63) is 59.3 Å². The van der Waals surface area contributed by atoms with Crippen LogP contribution in [0.2, 0.25) is 0 Å². The van der Waals surface area contributed by atoms with Crippen molar-refractivity contribution in [3.63, 3.8) is 0 Å². The van der Waals surface area contributed by atoms with E-state index in [0.717, 1.165) is 49.4 Å². The normalized spacial score (nSPS) is 14.2. The summed E-state index contributed by atoms with van der Waals surface area (Å²) in [5.41, 5.74) is 4.01. The molecule has 1 unspecified atom stereocenters. The molecule has 4 rings (SSSR count). The maximum absolute atomic E-state index is 11.5. The van der Waals surface area contributed by atoms with Crippen molar-refractivity contribution in [2.24, 2.45) is 0 Å². The average Bonchev–Trinajstić information content (AvgIpc) is 3.13. The second-order valence-electron chi connectivity index (χ2n) is 7.93. The van der Waals surface area contributed by atoms with Gasteiger partial charge in [-0.05, 0) is 56.2 Å². The molecule has 4 heterocycles. The van der Waals surface area contributed by atoms with Crippen LogP contribution in [0.3, 0.4) is 0 Å². The third-order valence-corrected chi connectivity index (χ3v) is 5.70.